The van der Waals surface area contributed by atoms with Crippen molar-refractivity contribution in [3.05, 3.63) is 29.6 Å². The maximum Gasteiger partial charge on any atom is 0.412 e. The zero-order valence-corrected chi connectivity index (χ0v) is 11.4. The molecule has 0 bridgehead atoms. The van der Waals surface area contributed by atoms with Gasteiger partial charge >= 0.3 is 6.09 Å². The fourth-order valence-electron chi connectivity index (χ4n) is 1.90. The van der Waals surface area contributed by atoms with Gasteiger partial charge in [0.15, 0.2) is 0 Å². The molecular formula is C14H19FN2O2. The van der Waals surface area contributed by atoms with Gasteiger partial charge in [0.1, 0.15) is 11.4 Å². The van der Waals surface area contributed by atoms with Gasteiger partial charge in [-0.1, -0.05) is 0 Å². The van der Waals surface area contributed by atoms with Gasteiger partial charge in [-0.2, -0.15) is 0 Å². The lowest BCUT2D eigenvalue weighted by atomic mass is 10.1. The second-order valence-electron chi connectivity index (χ2n) is 5.87. The van der Waals surface area contributed by atoms with Crippen LogP contribution in [-0.4, -0.2) is 17.7 Å². The molecule has 5 heteroatoms. The Morgan fingerprint density at radius 2 is 2.11 bits per heavy atom. The first-order valence-electron chi connectivity index (χ1n) is 6.31. The highest BCUT2D eigenvalue weighted by molar-refractivity contribution is 5.85. The van der Waals surface area contributed by atoms with Gasteiger partial charge in [-0.3, -0.25) is 5.32 Å². The predicted octanol–water partition coefficient (Wildman–Crippen LogP) is 2.99. The van der Waals surface area contributed by atoms with Crippen molar-refractivity contribution in [2.45, 2.75) is 44.8 Å². The summed E-state index contributed by atoms with van der Waals surface area (Å²) in [5, 5.41) is 2.59. The summed E-state index contributed by atoms with van der Waals surface area (Å²) in [6, 6.07) is 4.49. The van der Waals surface area contributed by atoms with Gasteiger partial charge in [0.25, 0.3) is 0 Å². The van der Waals surface area contributed by atoms with Crippen molar-refractivity contribution in [3.63, 3.8) is 0 Å². The standard InChI is InChI=1S/C14H19FN2O2/c1-14(2,3)19-13(18)17-8-4-5-11(15)9(6-8)10-7-12(10)16/h4-6,10,12H,7,16H2,1-3H3,(H,17,18). The first-order valence-corrected chi connectivity index (χ1v) is 6.31. The fraction of sp³-hybridized carbons (Fsp3) is 0.500. The first kappa shape index (κ1) is 13.8. The Kier molecular flexibility index (Phi) is 3.49. The molecule has 4 nitrogen and oxygen atoms in total. The second kappa shape index (κ2) is 4.81. The summed E-state index contributed by atoms with van der Waals surface area (Å²) in [4.78, 5) is 11.6. The van der Waals surface area contributed by atoms with E-state index in [1.54, 1.807) is 26.8 Å². The maximum atomic E-state index is 13.6. The van der Waals surface area contributed by atoms with Crippen LogP contribution in [0.25, 0.3) is 0 Å². The van der Waals surface area contributed by atoms with E-state index in [1.807, 2.05) is 0 Å². The molecule has 1 aromatic rings. The number of benzene rings is 1. The molecule has 104 valence electrons. The molecule has 2 atom stereocenters. The van der Waals surface area contributed by atoms with Gasteiger partial charge < -0.3 is 10.5 Å². The van der Waals surface area contributed by atoms with Crippen molar-refractivity contribution in [1.82, 2.24) is 0 Å². The third-order valence-electron chi connectivity index (χ3n) is 2.88. The topological polar surface area (TPSA) is 64.3 Å². The molecule has 3 N–H and O–H groups in total. The first-order chi connectivity index (χ1) is 8.76. The normalized spacial score (nSPS) is 21.9. The molecule has 2 rings (SSSR count). The Balaban J connectivity index is 2.07. The van der Waals surface area contributed by atoms with Crippen LogP contribution >= 0.6 is 0 Å². The highest BCUT2D eigenvalue weighted by Gasteiger charge is 2.36. The molecule has 0 saturated heterocycles. The average Bonchev–Trinajstić information content (AvgIpc) is 2.95. The molecule has 0 aromatic heterocycles. The molecule has 1 aliphatic carbocycles. The smallest absolute Gasteiger partial charge is 0.412 e. The molecule has 1 saturated carbocycles. The van der Waals surface area contributed by atoms with Gasteiger partial charge in [-0.15, -0.1) is 0 Å². The summed E-state index contributed by atoms with van der Waals surface area (Å²) in [6.07, 6.45) is 0.234. The van der Waals surface area contributed by atoms with Crippen LogP contribution in [0.2, 0.25) is 0 Å². The molecule has 1 fully saturated rings. The highest BCUT2D eigenvalue weighted by Crippen LogP contribution is 2.41. The Bertz CT molecular complexity index is 497. The maximum absolute atomic E-state index is 13.6. The number of halogens is 1. The molecular weight excluding hydrogens is 247 g/mol. The summed E-state index contributed by atoms with van der Waals surface area (Å²) in [6.45, 7) is 5.35. The summed E-state index contributed by atoms with van der Waals surface area (Å²) >= 11 is 0. The van der Waals surface area contributed by atoms with E-state index in [0.29, 0.717) is 11.3 Å². The Labute approximate surface area is 112 Å². The van der Waals surface area contributed by atoms with Crippen LogP contribution in [0.1, 0.15) is 38.7 Å². The molecule has 0 radical (unpaired) electrons. The van der Waals surface area contributed by atoms with Crippen molar-refractivity contribution in [2.75, 3.05) is 5.32 Å². The summed E-state index contributed by atoms with van der Waals surface area (Å²) < 4.78 is 18.8. The lowest BCUT2D eigenvalue weighted by Crippen LogP contribution is -2.27. The van der Waals surface area contributed by atoms with E-state index in [4.69, 9.17) is 10.5 Å². The molecule has 0 aliphatic heterocycles. The van der Waals surface area contributed by atoms with Crippen molar-refractivity contribution < 1.29 is 13.9 Å². The van der Waals surface area contributed by atoms with E-state index in [-0.39, 0.29) is 17.8 Å². The number of amides is 1. The van der Waals surface area contributed by atoms with Gasteiger partial charge in [-0.05, 0) is 51.0 Å². The minimum absolute atomic E-state index is 0.0197. The Morgan fingerprint density at radius 1 is 1.47 bits per heavy atom. The SMILES string of the molecule is CC(C)(C)OC(=O)Nc1ccc(F)c(C2CC2N)c1. The molecule has 2 unspecified atom stereocenters. The number of rotatable bonds is 2. The molecule has 1 aromatic carbocycles. The zero-order valence-electron chi connectivity index (χ0n) is 11.4. The number of ether oxygens (including phenoxy) is 1. The molecule has 0 spiro atoms. The lowest BCUT2D eigenvalue weighted by Gasteiger charge is -2.19. The number of carbonyl (C=O) groups is 1. The average molecular weight is 266 g/mol. The van der Waals surface area contributed by atoms with E-state index in [2.05, 4.69) is 5.32 Å². The Morgan fingerprint density at radius 3 is 2.63 bits per heavy atom. The number of hydrogen-bond donors (Lipinski definition) is 2. The molecule has 1 aliphatic rings. The number of nitrogens with one attached hydrogen (secondary N) is 1. The number of nitrogens with two attached hydrogens (primary N) is 1. The zero-order chi connectivity index (χ0) is 14.2. The van der Waals surface area contributed by atoms with Crippen molar-refractivity contribution >= 4 is 11.8 Å². The minimum Gasteiger partial charge on any atom is -0.444 e. The number of hydrogen-bond acceptors (Lipinski definition) is 3. The molecule has 1 amide bonds. The highest BCUT2D eigenvalue weighted by atomic mass is 19.1. The quantitative estimate of drug-likeness (QED) is 0.865. The van der Waals surface area contributed by atoms with E-state index in [1.165, 1.54) is 12.1 Å². The largest absolute Gasteiger partial charge is 0.444 e. The molecule has 0 heterocycles. The minimum atomic E-state index is -0.564. The summed E-state index contributed by atoms with van der Waals surface area (Å²) in [7, 11) is 0. The predicted molar refractivity (Wildman–Crippen MR) is 71.6 cm³/mol. The van der Waals surface area contributed by atoms with E-state index < -0.39 is 11.7 Å². The van der Waals surface area contributed by atoms with Crippen molar-refractivity contribution in [3.8, 4) is 0 Å². The van der Waals surface area contributed by atoms with Crippen LogP contribution in [0.5, 0.6) is 0 Å². The summed E-state index contributed by atoms with van der Waals surface area (Å²) in [5.41, 5.74) is 6.23. The number of anilines is 1. The van der Waals surface area contributed by atoms with Crippen molar-refractivity contribution in [2.24, 2.45) is 5.73 Å². The van der Waals surface area contributed by atoms with Gasteiger partial charge in [0, 0.05) is 17.6 Å². The summed E-state index contributed by atoms with van der Waals surface area (Å²) in [5.74, 6) is -0.229. The van der Waals surface area contributed by atoms with Gasteiger partial charge in [-0.25, -0.2) is 9.18 Å². The number of carbonyl (C=O) groups excluding carboxylic acids is 1. The van der Waals surface area contributed by atoms with Crippen LogP contribution < -0.4 is 11.1 Å². The third kappa shape index (κ3) is 3.67. The lowest BCUT2D eigenvalue weighted by molar-refractivity contribution is 0.0636. The van der Waals surface area contributed by atoms with Crippen molar-refractivity contribution in [1.29, 1.82) is 0 Å². The van der Waals surface area contributed by atoms with Gasteiger partial charge in [0.05, 0.1) is 0 Å². The van der Waals surface area contributed by atoms with Crippen LogP contribution in [0, 0.1) is 5.82 Å². The van der Waals surface area contributed by atoms with Crippen LogP contribution in [0.3, 0.4) is 0 Å². The van der Waals surface area contributed by atoms with Crippen LogP contribution in [0.4, 0.5) is 14.9 Å². The van der Waals surface area contributed by atoms with E-state index >= 15 is 0 Å². The third-order valence-corrected chi connectivity index (χ3v) is 2.88. The van der Waals surface area contributed by atoms with E-state index in [9.17, 15) is 9.18 Å². The monoisotopic (exact) mass is 266 g/mol. The molecule has 19 heavy (non-hydrogen) atoms. The van der Waals surface area contributed by atoms with E-state index in [0.717, 1.165) is 6.42 Å². The Hall–Kier alpha value is -1.62. The van der Waals surface area contributed by atoms with Crippen LogP contribution in [0.15, 0.2) is 18.2 Å². The van der Waals surface area contributed by atoms with Crippen LogP contribution in [-0.2, 0) is 4.74 Å². The second-order valence-corrected chi connectivity index (χ2v) is 5.87. The fourth-order valence-corrected chi connectivity index (χ4v) is 1.90. The van der Waals surface area contributed by atoms with Gasteiger partial charge in [0.2, 0.25) is 0 Å².